The van der Waals surface area contributed by atoms with Gasteiger partial charge in [-0.15, -0.1) is 0 Å². The van der Waals surface area contributed by atoms with Gasteiger partial charge in [0, 0.05) is 16.2 Å². The molecule has 8 heteroatoms. The van der Waals surface area contributed by atoms with Crippen LogP contribution in [-0.2, 0) is 9.05 Å². The van der Waals surface area contributed by atoms with Crippen LogP contribution >= 0.6 is 10.7 Å². The van der Waals surface area contributed by atoms with Gasteiger partial charge in [-0.2, -0.15) is 0 Å². The Balaban J connectivity index is 2.40. The third-order valence-electron chi connectivity index (χ3n) is 3.88. The van der Waals surface area contributed by atoms with Crippen molar-refractivity contribution in [3.05, 3.63) is 29.3 Å². The zero-order chi connectivity index (χ0) is 15.8. The summed E-state index contributed by atoms with van der Waals surface area (Å²) >= 11 is 0. The van der Waals surface area contributed by atoms with Crippen LogP contribution in [0.4, 0.5) is 8.78 Å². The first-order chi connectivity index (χ1) is 9.68. The minimum absolute atomic E-state index is 0.421. The molecule has 1 amide bonds. The predicted octanol–water partition coefficient (Wildman–Crippen LogP) is 2.95. The van der Waals surface area contributed by atoms with Crippen molar-refractivity contribution in [2.24, 2.45) is 0 Å². The molecule has 1 N–H and O–H groups in total. The van der Waals surface area contributed by atoms with Gasteiger partial charge in [0.15, 0.2) is 5.82 Å². The lowest BCUT2D eigenvalue weighted by atomic mass is 9.74. The molecule has 0 aliphatic heterocycles. The second kappa shape index (κ2) is 5.53. The molecule has 0 atom stereocenters. The molecule has 0 spiro atoms. The third kappa shape index (κ3) is 3.18. The maximum Gasteiger partial charge on any atom is 0.264 e. The topological polar surface area (TPSA) is 63.2 Å². The zero-order valence-corrected chi connectivity index (χ0v) is 12.8. The second-order valence-corrected chi connectivity index (χ2v) is 7.68. The van der Waals surface area contributed by atoms with Gasteiger partial charge in [0.1, 0.15) is 10.7 Å². The van der Waals surface area contributed by atoms with E-state index in [4.69, 9.17) is 10.7 Å². The minimum atomic E-state index is -4.48. The Morgan fingerprint density at radius 1 is 1.38 bits per heavy atom. The highest BCUT2D eigenvalue weighted by Crippen LogP contribution is 2.35. The first kappa shape index (κ1) is 16.2. The number of nitrogens with one attached hydrogen (secondary N) is 1. The number of carbonyl (C=O) groups excluding carboxylic acids is 1. The van der Waals surface area contributed by atoms with E-state index in [0.29, 0.717) is 18.6 Å². The quantitative estimate of drug-likeness (QED) is 0.859. The number of hydrogen-bond acceptors (Lipinski definition) is 3. The highest BCUT2D eigenvalue weighted by Gasteiger charge is 2.37. The van der Waals surface area contributed by atoms with E-state index in [1.54, 1.807) is 0 Å². The van der Waals surface area contributed by atoms with E-state index in [9.17, 15) is 22.0 Å². The normalized spacial score (nSPS) is 17.1. The number of rotatable bonds is 4. The Hall–Kier alpha value is -1.21. The maximum absolute atomic E-state index is 14.1. The fourth-order valence-electron chi connectivity index (χ4n) is 2.39. The van der Waals surface area contributed by atoms with Crippen LogP contribution in [0.25, 0.3) is 0 Å². The summed E-state index contributed by atoms with van der Waals surface area (Å²) in [6, 6.07) is 1.12. The van der Waals surface area contributed by atoms with Crippen LogP contribution in [0.1, 0.15) is 43.0 Å². The molecule has 2 rings (SSSR count). The van der Waals surface area contributed by atoms with E-state index >= 15 is 0 Å². The van der Waals surface area contributed by atoms with Crippen LogP contribution in [0, 0.1) is 11.6 Å². The summed E-state index contributed by atoms with van der Waals surface area (Å²) in [5, 5.41) is 2.66. The van der Waals surface area contributed by atoms with Gasteiger partial charge < -0.3 is 5.32 Å². The number of amides is 1. The standard InChI is InChI=1S/C13H14ClF2NO3S/c1-2-13(4-3-5-13)17-12(18)9-6-8(15)7-10(11(9)16)21(14,19)20/h6-7H,2-5H2,1H3,(H,17,18). The van der Waals surface area contributed by atoms with Crippen LogP contribution in [-0.4, -0.2) is 19.9 Å². The van der Waals surface area contributed by atoms with E-state index in [1.165, 1.54) is 0 Å². The molecule has 1 aliphatic carbocycles. The molecule has 0 saturated heterocycles. The molecule has 0 heterocycles. The summed E-state index contributed by atoms with van der Waals surface area (Å²) in [5.41, 5.74) is -1.08. The SMILES string of the molecule is CCC1(NC(=O)c2cc(F)cc(S(=O)(=O)Cl)c2F)CCC1. The summed E-state index contributed by atoms with van der Waals surface area (Å²) in [6.07, 6.45) is 3.12. The fourth-order valence-corrected chi connectivity index (χ4v) is 3.30. The molecule has 1 aromatic carbocycles. The van der Waals surface area contributed by atoms with Crippen molar-refractivity contribution in [1.82, 2.24) is 5.32 Å². The molecular weight excluding hydrogens is 324 g/mol. The van der Waals surface area contributed by atoms with Gasteiger partial charge in [-0.3, -0.25) is 4.79 Å². The van der Waals surface area contributed by atoms with E-state index in [-0.39, 0.29) is 0 Å². The lowest BCUT2D eigenvalue weighted by Gasteiger charge is -2.42. The lowest BCUT2D eigenvalue weighted by Crippen LogP contribution is -2.53. The summed E-state index contributed by atoms with van der Waals surface area (Å²) < 4.78 is 50.0. The molecule has 0 bridgehead atoms. The van der Waals surface area contributed by atoms with Crippen molar-refractivity contribution in [3.8, 4) is 0 Å². The molecule has 0 unspecified atom stereocenters. The molecule has 1 saturated carbocycles. The van der Waals surface area contributed by atoms with Crippen LogP contribution in [0.5, 0.6) is 0 Å². The molecule has 1 aromatic rings. The largest absolute Gasteiger partial charge is 0.347 e. The van der Waals surface area contributed by atoms with Crippen molar-refractivity contribution in [3.63, 3.8) is 0 Å². The van der Waals surface area contributed by atoms with Crippen molar-refractivity contribution < 1.29 is 22.0 Å². The average molecular weight is 338 g/mol. The molecule has 0 radical (unpaired) electrons. The summed E-state index contributed by atoms with van der Waals surface area (Å²) in [5.74, 6) is -3.22. The molecular formula is C13H14ClF2NO3S. The Bertz CT molecular complexity index is 681. The van der Waals surface area contributed by atoms with Gasteiger partial charge in [-0.05, 0) is 37.8 Å². The lowest BCUT2D eigenvalue weighted by molar-refractivity contribution is 0.0815. The highest BCUT2D eigenvalue weighted by molar-refractivity contribution is 8.13. The summed E-state index contributed by atoms with van der Waals surface area (Å²) in [4.78, 5) is 11.1. The van der Waals surface area contributed by atoms with Crippen molar-refractivity contribution in [1.29, 1.82) is 0 Å². The number of benzene rings is 1. The molecule has 4 nitrogen and oxygen atoms in total. The maximum atomic E-state index is 14.1. The number of hydrogen-bond donors (Lipinski definition) is 1. The van der Waals surface area contributed by atoms with Crippen molar-refractivity contribution in [2.45, 2.75) is 43.0 Å². The summed E-state index contributed by atoms with van der Waals surface area (Å²) in [7, 11) is 0.570. The molecule has 0 aromatic heterocycles. The van der Waals surface area contributed by atoms with E-state index in [0.717, 1.165) is 19.3 Å². The van der Waals surface area contributed by atoms with Gasteiger partial charge in [-0.25, -0.2) is 17.2 Å². The van der Waals surface area contributed by atoms with Crippen molar-refractivity contribution >= 4 is 25.6 Å². The first-order valence-electron chi connectivity index (χ1n) is 6.45. The third-order valence-corrected chi connectivity index (χ3v) is 5.20. The molecule has 1 fully saturated rings. The Kier molecular flexibility index (Phi) is 4.26. The minimum Gasteiger partial charge on any atom is -0.347 e. The van der Waals surface area contributed by atoms with E-state index in [1.807, 2.05) is 6.92 Å². The monoisotopic (exact) mass is 337 g/mol. The van der Waals surface area contributed by atoms with Gasteiger partial charge in [-0.1, -0.05) is 6.92 Å². The Morgan fingerprint density at radius 2 is 2.00 bits per heavy atom. The van der Waals surface area contributed by atoms with E-state index in [2.05, 4.69) is 5.32 Å². The van der Waals surface area contributed by atoms with E-state index < -0.39 is 42.6 Å². The second-order valence-electron chi connectivity index (χ2n) is 5.14. The molecule has 1 aliphatic rings. The van der Waals surface area contributed by atoms with Crippen LogP contribution < -0.4 is 5.32 Å². The van der Waals surface area contributed by atoms with Gasteiger partial charge >= 0.3 is 0 Å². The van der Waals surface area contributed by atoms with Crippen LogP contribution in [0.3, 0.4) is 0 Å². The predicted molar refractivity (Wildman–Crippen MR) is 73.7 cm³/mol. The number of carbonyl (C=O) groups is 1. The average Bonchev–Trinajstić information content (AvgIpc) is 2.34. The van der Waals surface area contributed by atoms with Gasteiger partial charge in [0.25, 0.3) is 15.0 Å². The fraction of sp³-hybridized carbons (Fsp3) is 0.462. The van der Waals surface area contributed by atoms with Gasteiger partial charge in [0.05, 0.1) is 5.56 Å². The van der Waals surface area contributed by atoms with Crippen molar-refractivity contribution in [2.75, 3.05) is 0 Å². The highest BCUT2D eigenvalue weighted by atomic mass is 35.7. The Labute approximate surface area is 125 Å². The molecule has 116 valence electrons. The molecule has 21 heavy (non-hydrogen) atoms. The van der Waals surface area contributed by atoms with Gasteiger partial charge in [0.2, 0.25) is 0 Å². The van der Waals surface area contributed by atoms with Crippen LogP contribution in [0.2, 0.25) is 0 Å². The Morgan fingerprint density at radius 3 is 2.43 bits per heavy atom. The number of halogens is 3. The zero-order valence-electron chi connectivity index (χ0n) is 11.3. The smallest absolute Gasteiger partial charge is 0.264 e. The summed E-state index contributed by atoms with van der Waals surface area (Å²) in [6.45, 7) is 1.88. The first-order valence-corrected chi connectivity index (χ1v) is 8.76. The van der Waals surface area contributed by atoms with Crippen LogP contribution in [0.15, 0.2) is 17.0 Å².